The molecule has 0 unspecified atom stereocenters. The van der Waals surface area contributed by atoms with Crippen molar-refractivity contribution in [1.29, 1.82) is 0 Å². The second-order valence-corrected chi connectivity index (χ2v) is 7.93. The van der Waals surface area contributed by atoms with Crippen LogP contribution in [0.15, 0.2) is 47.8 Å². The van der Waals surface area contributed by atoms with Crippen LogP contribution in [0.1, 0.15) is 30.5 Å². The van der Waals surface area contributed by atoms with Crippen LogP contribution in [0.4, 0.5) is 5.82 Å². The largest absolute Gasteiger partial charge is 0.355 e. The molecule has 0 radical (unpaired) electrons. The van der Waals surface area contributed by atoms with E-state index < -0.39 is 0 Å². The fourth-order valence-electron chi connectivity index (χ4n) is 4.31. The second-order valence-electron chi connectivity index (χ2n) is 7.93. The summed E-state index contributed by atoms with van der Waals surface area (Å²) >= 11 is 0. The Balaban J connectivity index is 1.30. The van der Waals surface area contributed by atoms with Crippen molar-refractivity contribution in [2.24, 2.45) is 5.92 Å². The lowest BCUT2D eigenvalue weighted by molar-refractivity contribution is 0.333. The fourth-order valence-corrected chi connectivity index (χ4v) is 4.31. The van der Waals surface area contributed by atoms with E-state index in [0.717, 1.165) is 43.0 Å². The van der Waals surface area contributed by atoms with Gasteiger partial charge in [0, 0.05) is 54.3 Å². The molecule has 2 aliphatic rings. The molecule has 0 N–H and O–H groups in total. The Morgan fingerprint density at radius 1 is 0.966 bits per heavy atom. The highest BCUT2D eigenvalue weighted by molar-refractivity contribution is 5.57. The maximum atomic E-state index is 12.3. The summed E-state index contributed by atoms with van der Waals surface area (Å²) in [5.74, 6) is 1.49. The quantitative estimate of drug-likeness (QED) is 0.639. The van der Waals surface area contributed by atoms with Crippen LogP contribution in [0.2, 0.25) is 0 Å². The molecule has 1 aliphatic carbocycles. The topological polar surface area (TPSA) is 76.8 Å². The molecule has 0 amide bonds. The third-order valence-electron chi connectivity index (χ3n) is 5.88. The molecule has 1 saturated heterocycles. The zero-order valence-corrected chi connectivity index (χ0v) is 16.4. The number of pyridine rings is 1. The average Bonchev–Trinajstić information content (AvgIpc) is 2.98. The predicted octanol–water partition coefficient (Wildman–Crippen LogP) is 2.50. The highest BCUT2D eigenvalue weighted by Gasteiger charge is 2.31. The molecule has 0 aromatic carbocycles. The minimum Gasteiger partial charge on any atom is -0.355 e. The van der Waals surface area contributed by atoms with Crippen molar-refractivity contribution >= 4 is 5.82 Å². The van der Waals surface area contributed by atoms with Crippen molar-refractivity contribution in [2.45, 2.75) is 38.6 Å². The fraction of sp³-hybridized carbons (Fsp3) is 0.409. The summed E-state index contributed by atoms with van der Waals surface area (Å²) in [5, 5.41) is 4.58. The van der Waals surface area contributed by atoms with Gasteiger partial charge in [-0.05, 0) is 43.9 Å². The Labute approximate surface area is 169 Å². The van der Waals surface area contributed by atoms with Crippen molar-refractivity contribution in [3.8, 4) is 11.3 Å². The molecule has 5 rings (SSSR count). The van der Waals surface area contributed by atoms with Gasteiger partial charge in [0.25, 0.3) is 5.56 Å². The lowest BCUT2D eigenvalue weighted by atomic mass is 9.98. The predicted molar refractivity (Wildman–Crippen MR) is 111 cm³/mol. The Hall–Kier alpha value is -3.09. The molecule has 1 aliphatic heterocycles. The molecule has 7 nitrogen and oxygen atoms in total. The summed E-state index contributed by atoms with van der Waals surface area (Å²) in [6.07, 6.45) is 11.0. The lowest BCUT2D eigenvalue weighted by Crippen LogP contribution is -2.50. The van der Waals surface area contributed by atoms with Crippen molar-refractivity contribution in [2.75, 3.05) is 18.0 Å². The van der Waals surface area contributed by atoms with E-state index in [2.05, 4.69) is 25.0 Å². The SMILES string of the molecule is O=c1ccc(-c2ccncc2)nn1CC1CN(c2ncnc3c2CCCCC3)C1. The monoisotopic (exact) mass is 388 g/mol. The third-order valence-corrected chi connectivity index (χ3v) is 5.88. The van der Waals surface area contributed by atoms with Gasteiger partial charge < -0.3 is 4.90 Å². The minimum atomic E-state index is -0.0582. The number of anilines is 1. The van der Waals surface area contributed by atoms with E-state index in [1.807, 2.05) is 12.1 Å². The van der Waals surface area contributed by atoms with Gasteiger partial charge in [0.15, 0.2) is 0 Å². The highest BCUT2D eigenvalue weighted by atomic mass is 16.1. The van der Waals surface area contributed by atoms with Crippen molar-refractivity contribution < 1.29 is 0 Å². The molecule has 0 spiro atoms. The molecule has 0 saturated carbocycles. The minimum absolute atomic E-state index is 0.0582. The van der Waals surface area contributed by atoms with E-state index in [0.29, 0.717) is 12.5 Å². The van der Waals surface area contributed by atoms with Gasteiger partial charge in [-0.15, -0.1) is 0 Å². The van der Waals surface area contributed by atoms with Crippen LogP contribution in [-0.4, -0.2) is 37.8 Å². The van der Waals surface area contributed by atoms with E-state index in [4.69, 9.17) is 0 Å². The summed E-state index contributed by atoms with van der Waals surface area (Å²) in [7, 11) is 0. The molecule has 3 aromatic heterocycles. The maximum Gasteiger partial charge on any atom is 0.266 e. The van der Waals surface area contributed by atoms with Crippen molar-refractivity contribution in [1.82, 2.24) is 24.7 Å². The molecule has 29 heavy (non-hydrogen) atoms. The van der Waals surface area contributed by atoms with Gasteiger partial charge in [-0.2, -0.15) is 5.10 Å². The van der Waals surface area contributed by atoms with Crippen LogP contribution >= 0.6 is 0 Å². The summed E-state index contributed by atoms with van der Waals surface area (Å²) in [4.78, 5) is 27.8. The third kappa shape index (κ3) is 3.64. The zero-order chi connectivity index (χ0) is 19.6. The van der Waals surface area contributed by atoms with Crippen LogP contribution in [0.5, 0.6) is 0 Å². The molecule has 3 aromatic rings. The van der Waals surface area contributed by atoms with Crippen LogP contribution < -0.4 is 10.5 Å². The zero-order valence-electron chi connectivity index (χ0n) is 16.4. The Morgan fingerprint density at radius 2 is 1.79 bits per heavy atom. The number of fused-ring (bicyclic) bond motifs is 1. The Morgan fingerprint density at radius 3 is 2.66 bits per heavy atom. The highest BCUT2D eigenvalue weighted by Crippen LogP contribution is 2.31. The van der Waals surface area contributed by atoms with Gasteiger partial charge in [-0.3, -0.25) is 9.78 Å². The summed E-state index contributed by atoms with van der Waals surface area (Å²) in [6.45, 7) is 2.43. The van der Waals surface area contributed by atoms with Crippen molar-refractivity contribution in [3.05, 3.63) is 64.6 Å². The Kier molecular flexibility index (Phi) is 4.79. The molecular formula is C22H24N6O. The van der Waals surface area contributed by atoms with Gasteiger partial charge in [-0.25, -0.2) is 14.6 Å². The van der Waals surface area contributed by atoms with Gasteiger partial charge in [0.1, 0.15) is 12.1 Å². The standard InChI is InChI=1S/C22H24N6O/c29-21-7-6-19(17-8-10-23-11-9-17)26-28(21)14-16-12-27(13-16)22-18-4-2-1-3-5-20(18)24-15-25-22/h6-11,15-16H,1-5,12-14H2. The molecule has 148 valence electrons. The van der Waals surface area contributed by atoms with E-state index in [1.165, 1.54) is 30.5 Å². The maximum absolute atomic E-state index is 12.3. The Bertz CT molecular complexity index is 1060. The first-order valence-electron chi connectivity index (χ1n) is 10.3. The summed E-state index contributed by atoms with van der Waals surface area (Å²) in [6, 6.07) is 7.19. The first kappa shape index (κ1) is 18.0. The number of hydrogen-bond donors (Lipinski definition) is 0. The van der Waals surface area contributed by atoms with E-state index in [1.54, 1.807) is 35.5 Å². The molecular weight excluding hydrogens is 364 g/mol. The van der Waals surface area contributed by atoms with Crippen LogP contribution in [-0.2, 0) is 19.4 Å². The molecule has 4 heterocycles. The molecule has 0 atom stereocenters. The number of rotatable bonds is 4. The van der Waals surface area contributed by atoms with E-state index >= 15 is 0 Å². The summed E-state index contributed by atoms with van der Waals surface area (Å²) < 4.78 is 1.60. The van der Waals surface area contributed by atoms with Gasteiger partial charge >= 0.3 is 0 Å². The number of nitrogens with zero attached hydrogens (tertiary/aromatic N) is 6. The summed E-state index contributed by atoms with van der Waals surface area (Å²) in [5.41, 5.74) is 4.26. The number of aryl methyl sites for hydroxylation is 1. The molecule has 0 bridgehead atoms. The number of hydrogen-bond acceptors (Lipinski definition) is 6. The van der Waals surface area contributed by atoms with Gasteiger partial charge in [-0.1, -0.05) is 6.42 Å². The number of aromatic nitrogens is 5. The van der Waals surface area contributed by atoms with E-state index in [-0.39, 0.29) is 5.56 Å². The first-order valence-corrected chi connectivity index (χ1v) is 10.3. The van der Waals surface area contributed by atoms with Crippen LogP contribution in [0, 0.1) is 5.92 Å². The van der Waals surface area contributed by atoms with Gasteiger partial charge in [0.2, 0.25) is 0 Å². The first-order chi connectivity index (χ1) is 14.3. The van der Waals surface area contributed by atoms with Crippen molar-refractivity contribution in [3.63, 3.8) is 0 Å². The molecule has 7 heteroatoms. The van der Waals surface area contributed by atoms with Crippen LogP contribution in [0.25, 0.3) is 11.3 Å². The van der Waals surface area contributed by atoms with E-state index in [9.17, 15) is 4.79 Å². The second kappa shape index (κ2) is 7.73. The molecule has 1 fully saturated rings. The smallest absolute Gasteiger partial charge is 0.266 e. The van der Waals surface area contributed by atoms with Gasteiger partial charge in [0.05, 0.1) is 12.2 Å². The normalized spacial score (nSPS) is 16.8. The lowest BCUT2D eigenvalue weighted by Gasteiger charge is -2.41. The van der Waals surface area contributed by atoms with Crippen LogP contribution in [0.3, 0.4) is 0 Å². The average molecular weight is 388 g/mol.